The van der Waals surface area contributed by atoms with Crippen LogP contribution < -0.4 is 61.8 Å². The molecule has 2 rings (SSSR count). The van der Waals surface area contributed by atoms with Gasteiger partial charge in [-0.25, -0.2) is 0 Å². The fourth-order valence-electron chi connectivity index (χ4n) is 1.90. The number of carbonyl (C=O) groups is 2. The maximum absolute atomic E-state index is 11.9. The summed E-state index contributed by atoms with van der Waals surface area (Å²) >= 11 is 0. The molecule has 0 saturated heterocycles. The van der Waals surface area contributed by atoms with E-state index in [1.165, 1.54) is 12.1 Å². The second-order valence-electron chi connectivity index (χ2n) is 4.55. The number of benzene rings is 2. The summed E-state index contributed by atoms with van der Waals surface area (Å²) in [6.45, 7) is 0. The summed E-state index contributed by atoms with van der Waals surface area (Å²) in [7, 11) is 0. The molecule has 2 N–H and O–H groups in total. The standard InChI is InChI=1S/C16H15NO4.K/c18-12-8-5-11(6-9-12)7-10-15(19)17-14-4-2-1-3-13(14)16(20)21;/h1-6,8-9,18H,7,10H2,(H,17,19)(H,20,21);/q;+1/p-1. The molecule has 0 aliphatic heterocycles. The average molecular weight is 323 g/mol. The number of aryl methyl sites for hydroxylation is 1. The zero-order chi connectivity index (χ0) is 15.2. The summed E-state index contributed by atoms with van der Waals surface area (Å²) in [5.41, 5.74) is 1.10. The quantitative estimate of drug-likeness (QED) is 0.644. The Morgan fingerprint density at radius 1 is 1.05 bits per heavy atom. The Bertz CT molecular complexity index is 655. The third-order valence-electron chi connectivity index (χ3n) is 3.00. The van der Waals surface area contributed by atoms with E-state index in [-0.39, 0.29) is 80.7 Å². The van der Waals surface area contributed by atoms with Crippen molar-refractivity contribution in [1.29, 1.82) is 0 Å². The Balaban J connectivity index is 0.00000242. The van der Waals surface area contributed by atoms with Gasteiger partial charge in [0.05, 0.1) is 5.97 Å². The van der Waals surface area contributed by atoms with E-state index in [0.29, 0.717) is 6.42 Å². The molecule has 0 saturated carbocycles. The Morgan fingerprint density at radius 2 is 1.68 bits per heavy atom. The van der Waals surface area contributed by atoms with Crippen molar-refractivity contribution < 1.29 is 71.2 Å². The minimum atomic E-state index is -1.33. The molecule has 0 unspecified atom stereocenters. The average Bonchev–Trinajstić information content (AvgIpc) is 2.47. The summed E-state index contributed by atoms with van der Waals surface area (Å²) in [6.07, 6.45) is 0.714. The molecule has 2 aromatic carbocycles. The molecule has 0 aromatic heterocycles. The van der Waals surface area contributed by atoms with Crippen molar-refractivity contribution in [2.45, 2.75) is 12.8 Å². The van der Waals surface area contributed by atoms with Crippen molar-refractivity contribution in [3.63, 3.8) is 0 Å². The van der Waals surface area contributed by atoms with E-state index in [1.807, 2.05) is 0 Å². The van der Waals surface area contributed by atoms with Crippen LogP contribution in [0.2, 0.25) is 0 Å². The normalized spacial score (nSPS) is 9.64. The van der Waals surface area contributed by atoms with Crippen molar-refractivity contribution in [1.82, 2.24) is 0 Å². The number of carbonyl (C=O) groups excluding carboxylic acids is 2. The number of phenolic OH excluding ortho intramolecular Hbond substituents is 1. The Kier molecular flexibility index (Phi) is 7.78. The number of carboxylic acid groups (broad SMARTS) is 1. The Morgan fingerprint density at radius 3 is 2.32 bits per heavy atom. The van der Waals surface area contributed by atoms with E-state index < -0.39 is 5.97 Å². The molecular weight excluding hydrogens is 309 g/mol. The maximum Gasteiger partial charge on any atom is 1.00 e. The second-order valence-corrected chi connectivity index (χ2v) is 4.55. The predicted octanol–water partition coefficient (Wildman–Crippen LogP) is -1.67. The van der Waals surface area contributed by atoms with Gasteiger partial charge in [0.2, 0.25) is 5.91 Å². The van der Waals surface area contributed by atoms with Gasteiger partial charge in [-0.15, -0.1) is 0 Å². The van der Waals surface area contributed by atoms with Gasteiger partial charge < -0.3 is 20.3 Å². The second kappa shape index (κ2) is 9.07. The minimum absolute atomic E-state index is 0. The first kappa shape index (κ1) is 18.9. The van der Waals surface area contributed by atoms with Gasteiger partial charge in [0.15, 0.2) is 0 Å². The topological polar surface area (TPSA) is 89.5 Å². The largest absolute Gasteiger partial charge is 1.00 e. The summed E-state index contributed by atoms with van der Waals surface area (Å²) in [5.74, 6) is -1.44. The number of amides is 1. The maximum atomic E-state index is 11.9. The number of nitrogens with one attached hydrogen (secondary N) is 1. The van der Waals surface area contributed by atoms with Crippen molar-refractivity contribution in [2.75, 3.05) is 5.32 Å². The molecule has 0 heterocycles. The third kappa shape index (κ3) is 5.55. The van der Waals surface area contributed by atoms with Crippen LogP contribution in [0.15, 0.2) is 48.5 Å². The van der Waals surface area contributed by atoms with Gasteiger partial charge in [-0.3, -0.25) is 4.79 Å². The van der Waals surface area contributed by atoms with Gasteiger partial charge in [0.1, 0.15) is 5.75 Å². The number of anilines is 1. The molecule has 2 aromatic rings. The predicted molar refractivity (Wildman–Crippen MR) is 75.8 cm³/mol. The van der Waals surface area contributed by atoms with E-state index in [2.05, 4.69) is 5.32 Å². The number of hydrogen-bond donors (Lipinski definition) is 2. The number of aromatic carboxylic acids is 1. The number of aromatic hydroxyl groups is 1. The van der Waals surface area contributed by atoms with E-state index in [4.69, 9.17) is 0 Å². The summed E-state index contributed by atoms with van der Waals surface area (Å²) in [5, 5.41) is 22.7. The van der Waals surface area contributed by atoms with E-state index in [9.17, 15) is 19.8 Å². The summed E-state index contributed by atoms with van der Waals surface area (Å²) in [6, 6.07) is 12.7. The Hall–Kier alpha value is -1.18. The number of carboxylic acids is 1. The smallest absolute Gasteiger partial charge is 0.545 e. The molecule has 0 atom stereocenters. The molecule has 22 heavy (non-hydrogen) atoms. The van der Waals surface area contributed by atoms with Crippen molar-refractivity contribution in [2.24, 2.45) is 0 Å². The number of para-hydroxylation sites is 1. The number of phenols is 1. The molecule has 0 aliphatic rings. The summed E-state index contributed by atoms with van der Waals surface area (Å²) in [4.78, 5) is 22.8. The van der Waals surface area contributed by atoms with Crippen LogP contribution in [0.3, 0.4) is 0 Å². The van der Waals surface area contributed by atoms with Gasteiger partial charge in [0, 0.05) is 17.7 Å². The SMILES string of the molecule is O=C(CCc1ccc(O)cc1)Nc1ccccc1C(=O)[O-].[K+]. The molecule has 0 bridgehead atoms. The first-order chi connectivity index (χ1) is 10.1. The van der Waals surface area contributed by atoms with Crippen LogP contribution in [0, 0.1) is 0 Å². The van der Waals surface area contributed by atoms with Crippen molar-refractivity contribution >= 4 is 17.6 Å². The third-order valence-corrected chi connectivity index (χ3v) is 3.00. The molecule has 5 nitrogen and oxygen atoms in total. The van der Waals surface area contributed by atoms with Crippen LogP contribution in [0.1, 0.15) is 22.3 Å². The van der Waals surface area contributed by atoms with Crippen LogP contribution in [0.4, 0.5) is 5.69 Å². The molecule has 0 aliphatic carbocycles. The van der Waals surface area contributed by atoms with E-state index in [1.54, 1.807) is 36.4 Å². The van der Waals surface area contributed by atoms with Gasteiger partial charge in [-0.2, -0.15) is 0 Å². The zero-order valence-electron chi connectivity index (χ0n) is 12.2. The number of hydrogen-bond acceptors (Lipinski definition) is 4. The molecule has 6 heteroatoms. The van der Waals surface area contributed by atoms with Gasteiger partial charge in [-0.05, 0) is 30.2 Å². The fourth-order valence-corrected chi connectivity index (χ4v) is 1.90. The van der Waals surface area contributed by atoms with Crippen LogP contribution in [0.5, 0.6) is 5.75 Å². The monoisotopic (exact) mass is 323 g/mol. The first-order valence-electron chi connectivity index (χ1n) is 6.44. The number of rotatable bonds is 5. The molecular formula is C16H14KNO4. The molecule has 0 fully saturated rings. The van der Waals surface area contributed by atoms with Gasteiger partial charge >= 0.3 is 51.4 Å². The minimum Gasteiger partial charge on any atom is -0.545 e. The van der Waals surface area contributed by atoms with E-state index >= 15 is 0 Å². The van der Waals surface area contributed by atoms with Crippen LogP contribution in [-0.4, -0.2) is 17.0 Å². The van der Waals surface area contributed by atoms with Crippen molar-refractivity contribution in [3.8, 4) is 5.75 Å². The van der Waals surface area contributed by atoms with Gasteiger partial charge in [-0.1, -0.05) is 30.3 Å². The fraction of sp³-hybridized carbons (Fsp3) is 0.125. The molecule has 108 valence electrons. The summed E-state index contributed by atoms with van der Waals surface area (Å²) < 4.78 is 0. The van der Waals surface area contributed by atoms with Crippen LogP contribution in [-0.2, 0) is 11.2 Å². The molecule has 0 radical (unpaired) electrons. The Labute approximate surface area is 170 Å². The zero-order valence-corrected chi connectivity index (χ0v) is 15.3. The van der Waals surface area contributed by atoms with Crippen LogP contribution in [0.25, 0.3) is 0 Å². The van der Waals surface area contributed by atoms with Crippen LogP contribution >= 0.6 is 0 Å². The van der Waals surface area contributed by atoms with E-state index in [0.717, 1.165) is 5.56 Å². The first-order valence-corrected chi connectivity index (χ1v) is 6.44. The molecule has 0 spiro atoms. The molecule has 1 amide bonds. The van der Waals surface area contributed by atoms with Gasteiger partial charge in [0.25, 0.3) is 0 Å². The van der Waals surface area contributed by atoms with Crippen molar-refractivity contribution in [3.05, 3.63) is 59.7 Å².